The number of aliphatic hydroxyl groups is 1. The van der Waals surface area contributed by atoms with Gasteiger partial charge in [-0.25, -0.2) is 4.79 Å². The van der Waals surface area contributed by atoms with Gasteiger partial charge in [0.15, 0.2) is 0 Å². The van der Waals surface area contributed by atoms with E-state index in [1.807, 2.05) is 39.0 Å². The van der Waals surface area contributed by atoms with Crippen LogP contribution in [0.25, 0.3) is 0 Å². The molecule has 0 atom stereocenters. The minimum Gasteiger partial charge on any atom is -0.496 e. The molecule has 0 aromatic heterocycles. The van der Waals surface area contributed by atoms with Crippen LogP contribution in [-0.2, 0) is 6.42 Å². The van der Waals surface area contributed by atoms with Gasteiger partial charge < -0.3 is 20.5 Å². The van der Waals surface area contributed by atoms with Crippen molar-refractivity contribution in [3.63, 3.8) is 0 Å². The summed E-state index contributed by atoms with van der Waals surface area (Å²) in [6, 6.07) is 5.78. The first-order chi connectivity index (χ1) is 10.4. The van der Waals surface area contributed by atoms with Gasteiger partial charge in [-0.15, -0.1) is 0 Å². The quantitative estimate of drug-likeness (QED) is 0.690. The van der Waals surface area contributed by atoms with Crippen molar-refractivity contribution in [1.29, 1.82) is 0 Å². The van der Waals surface area contributed by atoms with Crippen LogP contribution < -0.4 is 15.4 Å². The van der Waals surface area contributed by atoms with E-state index in [4.69, 9.17) is 4.74 Å². The second-order valence-corrected chi connectivity index (χ2v) is 5.59. The number of hydrogen-bond donors (Lipinski definition) is 3. The van der Waals surface area contributed by atoms with E-state index in [1.54, 1.807) is 7.11 Å². The Bertz CT molecular complexity index is 485. The molecule has 0 aliphatic heterocycles. The number of ether oxygens (including phenoxy) is 1. The summed E-state index contributed by atoms with van der Waals surface area (Å²) in [6.07, 6.45) is 1.97. The van der Waals surface area contributed by atoms with Crippen LogP contribution in [0.5, 0.6) is 5.75 Å². The first-order valence-corrected chi connectivity index (χ1v) is 7.81. The van der Waals surface area contributed by atoms with Gasteiger partial charge in [0.1, 0.15) is 5.75 Å². The minimum absolute atomic E-state index is 0.251. The number of aryl methyl sites for hydroxylation is 1. The summed E-state index contributed by atoms with van der Waals surface area (Å²) in [7, 11) is 1.65. The average Bonchev–Trinajstić information content (AvgIpc) is 2.54. The third kappa shape index (κ3) is 5.56. The summed E-state index contributed by atoms with van der Waals surface area (Å²) >= 11 is 0. The van der Waals surface area contributed by atoms with Gasteiger partial charge >= 0.3 is 6.03 Å². The number of methoxy groups -OCH3 is 1. The molecule has 5 nitrogen and oxygen atoms in total. The van der Waals surface area contributed by atoms with Crippen LogP contribution in [-0.4, -0.2) is 36.9 Å². The van der Waals surface area contributed by atoms with Gasteiger partial charge in [0.2, 0.25) is 0 Å². The maximum absolute atomic E-state index is 11.7. The SMILES string of the molecule is CCC(O)(CC)CNC(=O)NCCc1ccc(C)c(OC)c1. The van der Waals surface area contributed by atoms with Crippen molar-refractivity contribution in [2.24, 2.45) is 0 Å². The third-order valence-electron chi connectivity index (χ3n) is 4.07. The molecule has 1 rings (SSSR count). The number of urea groups is 1. The fourth-order valence-corrected chi connectivity index (χ4v) is 2.15. The van der Waals surface area contributed by atoms with Crippen LogP contribution in [0.1, 0.15) is 37.8 Å². The highest BCUT2D eigenvalue weighted by Crippen LogP contribution is 2.19. The number of carbonyl (C=O) groups excluding carboxylic acids is 1. The molecule has 22 heavy (non-hydrogen) atoms. The molecule has 1 aromatic rings. The molecule has 1 aromatic carbocycles. The van der Waals surface area contributed by atoms with Crippen LogP contribution >= 0.6 is 0 Å². The van der Waals surface area contributed by atoms with Gasteiger partial charge in [-0.1, -0.05) is 26.0 Å². The molecule has 0 radical (unpaired) electrons. The lowest BCUT2D eigenvalue weighted by atomic mass is 9.98. The summed E-state index contributed by atoms with van der Waals surface area (Å²) in [5.41, 5.74) is 1.39. The number of amides is 2. The van der Waals surface area contributed by atoms with E-state index in [0.29, 0.717) is 19.4 Å². The van der Waals surface area contributed by atoms with Crippen molar-refractivity contribution in [1.82, 2.24) is 10.6 Å². The number of rotatable bonds is 8. The summed E-state index contributed by atoms with van der Waals surface area (Å²) in [5, 5.41) is 15.6. The highest BCUT2D eigenvalue weighted by molar-refractivity contribution is 5.73. The predicted molar refractivity (Wildman–Crippen MR) is 88.4 cm³/mol. The smallest absolute Gasteiger partial charge is 0.314 e. The van der Waals surface area contributed by atoms with E-state index in [0.717, 1.165) is 23.3 Å². The molecule has 5 heteroatoms. The van der Waals surface area contributed by atoms with Crippen molar-refractivity contribution in [3.05, 3.63) is 29.3 Å². The molecule has 0 heterocycles. The van der Waals surface area contributed by atoms with Crippen molar-refractivity contribution < 1.29 is 14.6 Å². The zero-order valence-corrected chi connectivity index (χ0v) is 14.0. The van der Waals surface area contributed by atoms with E-state index in [2.05, 4.69) is 10.6 Å². The first-order valence-electron chi connectivity index (χ1n) is 7.81. The zero-order chi connectivity index (χ0) is 16.6. The van der Waals surface area contributed by atoms with Crippen LogP contribution in [0, 0.1) is 6.92 Å². The van der Waals surface area contributed by atoms with Gasteiger partial charge in [-0.3, -0.25) is 0 Å². The van der Waals surface area contributed by atoms with Gasteiger partial charge in [0.05, 0.1) is 12.7 Å². The Balaban J connectivity index is 2.36. The third-order valence-corrected chi connectivity index (χ3v) is 4.07. The Labute approximate surface area is 133 Å². The lowest BCUT2D eigenvalue weighted by molar-refractivity contribution is 0.0349. The monoisotopic (exact) mass is 308 g/mol. The lowest BCUT2D eigenvalue weighted by Crippen LogP contribution is -2.46. The van der Waals surface area contributed by atoms with Crippen molar-refractivity contribution in [2.45, 2.75) is 45.6 Å². The van der Waals surface area contributed by atoms with E-state index >= 15 is 0 Å². The molecule has 0 saturated heterocycles. The van der Waals surface area contributed by atoms with Crippen molar-refractivity contribution in [2.75, 3.05) is 20.2 Å². The fourth-order valence-electron chi connectivity index (χ4n) is 2.15. The molecule has 0 unspecified atom stereocenters. The largest absolute Gasteiger partial charge is 0.496 e. The van der Waals surface area contributed by atoms with Crippen LogP contribution in [0.2, 0.25) is 0 Å². The molecule has 0 fully saturated rings. The van der Waals surface area contributed by atoms with E-state index < -0.39 is 5.60 Å². The molecule has 0 aliphatic carbocycles. The standard InChI is InChI=1S/C17H28N2O3/c1-5-17(21,6-2)12-19-16(20)18-10-9-14-8-7-13(3)15(11-14)22-4/h7-8,11,21H,5-6,9-10,12H2,1-4H3,(H2,18,19,20). The average molecular weight is 308 g/mol. The Hall–Kier alpha value is -1.75. The van der Waals surface area contributed by atoms with Crippen LogP contribution in [0.3, 0.4) is 0 Å². The topological polar surface area (TPSA) is 70.6 Å². The Morgan fingerprint density at radius 2 is 1.95 bits per heavy atom. The van der Waals surface area contributed by atoms with Crippen LogP contribution in [0.4, 0.5) is 4.79 Å². The molecular formula is C17H28N2O3. The highest BCUT2D eigenvalue weighted by atomic mass is 16.5. The van der Waals surface area contributed by atoms with E-state index in [9.17, 15) is 9.90 Å². The summed E-state index contributed by atoms with van der Waals surface area (Å²) in [4.78, 5) is 11.7. The second kappa shape index (κ2) is 8.63. The molecule has 0 spiro atoms. The lowest BCUT2D eigenvalue weighted by Gasteiger charge is -2.25. The zero-order valence-electron chi connectivity index (χ0n) is 14.0. The number of carbonyl (C=O) groups is 1. The summed E-state index contributed by atoms with van der Waals surface area (Å²) in [6.45, 7) is 6.62. The van der Waals surface area contributed by atoms with Gasteiger partial charge in [-0.2, -0.15) is 0 Å². The van der Waals surface area contributed by atoms with Gasteiger partial charge in [0.25, 0.3) is 0 Å². The number of hydrogen-bond acceptors (Lipinski definition) is 3. The van der Waals surface area contributed by atoms with E-state index in [1.165, 1.54) is 0 Å². The molecule has 0 bridgehead atoms. The molecule has 0 aliphatic rings. The highest BCUT2D eigenvalue weighted by Gasteiger charge is 2.22. The number of benzene rings is 1. The van der Waals surface area contributed by atoms with Gasteiger partial charge in [-0.05, 0) is 43.4 Å². The molecule has 3 N–H and O–H groups in total. The maximum Gasteiger partial charge on any atom is 0.314 e. The maximum atomic E-state index is 11.7. The Morgan fingerprint density at radius 1 is 1.27 bits per heavy atom. The molecular weight excluding hydrogens is 280 g/mol. The second-order valence-electron chi connectivity index (χ2n) is 5.59. The summed E-state index contributed by atoms with van der Waals surface area (Å²) < 4.78 is 5.29. The Morgan fingerprint density at radius 3 is 2.55 bits per heavy atom. The van der Waals surface area contributed by atoms with E-state index in [-0.39, 0.29) is 12.6 Å². The fraction of sp³-hybridized carbons (Fsp3) is 0.588. The predicted octanol–water partition coefficient (Wildman–Crippen LogP) is 2.40. The normalized spacial score (nSPS) is 11.1. The molecule has 124 valence electrons. The van der Waals surface area contributed by atoms with Crippen LogP contribution in [0.15, 0.2) is 18.2 Å². The van der Waals surface area contributed by atoms with Crippen molar-refractivity contribution in [3.8, 4) is 5.75 Å². The number of nitrogens with one attached hydrogen (secondary N) is 2. The van der Waals surface area contributed by atoms with Gasteiger partial charge in [0, 0.05) is 13.1 Å². The molecule has 2 amide bonds. The summed E-state index contributed by atoms with van der Waals surface area (Å²) in [5.74, 6) is 0.859. The Kier molecular flexibility index (Phi) is 7.18. The van der Waals surface area contributed by atoms with Crippen molar-refractivity contribution >= 4 is 6.03 Å². The molecule has 0 saturated carbocycles. The first kappa shape index (κ1) is 18.3. The minimum atomic E-state index is -0.818.